The predicted molar refractivity (Wildman–Crippen MR) is 143 cm³/mol. The van der Waals surface area contributed by atoms with Crippen molar-refractivity contribution in [3.05, 3.63) is 46.6 Å². The number of allylic oxidation sites excluding steroid dienone is 3. The van der Waals surface area contributed by atoms with Gasteiger partial charge in [0.2, 0.25) is 6.79 Å². The van der Waals surface area contributed by atoms with Crippen LogP contribution in [0, 0.1) is 29.1 Å². The zero-order valence-corrected chi connectivity index (χ0v) is 21.8. The van der Waals surface area contributed by atoms with Gasteiger partial charge in [0.15, 0.2) is 16.6 Å². The molecule has 5 N–H and O–H groups in total. The molecule has 1 heterocycles. The maximum Gasteiger partial charge on any atom is 0.231 e. The first kappa shape index (κ1) is 23.8. The van der Waals surface area contributed by atoms with Crippen LogP contribution in [-0.2, 0) is 0 Å². The van der Waals surface area contributed by atoms with Gasteiger partial charge in [0.1, 0.15) is 5.60 Å². The van der Waals surface area contributed by atoms with Crippen LogP contribution in [0.5, 0.6) is 11.5 Å². The van der Waals surface area contributed by atoms with Crippen LogP contribution in [0.15, 0.2) is 41.0 Å². The summed E-state index contributed by atoms with van der Waals surface area (Å²) in [5, 5.41) is 12.1. The number of fused-ring (bicyclic) bond motifs is 5. The highest BCUT2D eigenvalue weighted by molar-refractivity contribution is 7.80. The summed E-state index contributed by atoms with van der Waals surface area (Å²) in [7, 11) is 0. The Hall–Kier alpha value is -2.53. The summed E-state index contributed by atoms with van der Waals surface area (Å²) >= 11 is 4.97. The molecule has 36 heavy (non-hydrogen) atoms. The summed E-state index contributed by atoms with van der Waals surface area (Å²) in [6, 6.07) is 6.61. The van der Waals surface area contributed by atoms with Crippen molar-refractivity contribution in [1.29, 1.82) is 0 Å². The number of hydrogen-bond donors (Lipinski definition) is 4. The molecule has 6 atom stereocenters. The molecular formula is C29H35N3O3S. The Morgan fingerprint density at radius 3 is 2.83 bits per heavy atom. The molecule has 2 saturated carbocycles. The largest absolute Gasteiger partial charge is 0.454 e. The van der Waals surface area contributed by atoms with E-state index in [1.807, 2.05) is 13.0 Å². The standard InChI is InChI=1S/C29H35N3O3S/c1-3-11-29(33)12-10-23-21-7-4-17-13-19(31-32-27(30)36)6-8-20(17)26(21)22(15-28(23,29)2)18-5-9-24-25(14-18)35-16-34-24/h5,9,13-14,19,21-23,31,33H,4,6-8,10,12,15-16H2,1-2H3,(H3,30,32,36)/t19?,21-,22+,23-,28-,29-/m0/s1. The molecule has 1 aromatic rings. The Morgan fingerprint density at radius 2 is 2.03 bits per heavy atom. The summed E-state index contributed by atoms with van der Waals surface area (Å²) in [5.74, 6) is 9.04. The monoisotopic (exact) mass is 505 g/mol. The molecule has 0 aromatic heterocycles. The number of nitrogens with two attached hydrogens (primary N) is 1. The van der Waals surface area contributed by atoms with Gasteiger partial charge in [-0.1, -0.05) is 30.6 Å². The van der Waals surface area contributed by atoms with Crippen LogP contribution < -0.4 is 26.1 Å². The van der Waals surface area contributed by atoms with Gasteiger partial charge >= 0.3 is 0 Å². The molecule has 0 amide bonds. The fraction of sp³-hybridized carbons (Fsp3) is 0.552. The summed E-state index contributed by atoms with van der Waals surface area (Å²) in [6.45, 7) is 4.41. The van der Waals surface area contributed by atoms with Crippen molar-refractivity contribution in [3.63, 3.8) is 0 Å². The summed E-state index contributed by atoms with van der Waals surface area (Å²) < 4.78 is 11.4. The number of rotatable bonds is 3. The van der Waals surface area contributed by atoms with Gasteiger partial charge in [-0.05, 0) is 105 Å². The Balaban J connectivity index is 1.45. The highest BCUT2D eigenvalue weighted by atomic mass is 32.1. The number of benzene rings is 1. The van der Waals surface area contributed by atoms with E-state index in [9.17, 15) is 5.11 Å². The van der Waals surface area contributed by atoms with Crippen molar-refractivity contribution in [2.75, 3.05) is 6.79 Å². The van der Waals surface area contributed by atoms with Crippen molar-refractivity contribution >= 4 is 17.3 Å². The molecule has 4 aliphatic carbocycles. The van der Waals surface area contributed by atoms with Crippen molar-refractivity contribution in [2.24, 2.45) is 23.0 Å². The number of ether oxygens (including phenoxy) is 2. The first-order valence-electron chi connectivity index (χ1n) is 13.1. The van der Waals surface area contributed by atoms with Crippen molar-refractivity contribution < 1.29 is 14.6 Å². The Bertz CT molecular complexity index is 1230. The fourth-order valence-electron chi connectivity index (χ4n) is 7.92. The van der Waals surface area contributed by atoms with E-state index in [2.05, 4.69) is 47.8 Å². The molecule has 0 spiro atoms. The molecule has 7 heteroatoms. The third kappa shape index (κ3) is 3.65. The molecule has 190 valence electrons. The molecule has 6 rings (SSSR count). The van der Waals surface area contributed by atoms with Gasteiger partial charge in [0.25, 0.3) is 0 Å². The zero-order valence-electron chi connectivity index (χ0n) is 21.0. The van der Waals surface area contributed by atoms with Gasteiger partial charge in [0.05, 0.1) is 0 Å². The van der Waals surface area contributed by atoms with E-state index in [0.29, 0.717) is 11.8 Å². The lowest BCUT2D eigenvalue weighted by Crippen LogP contribution is -2.51. The number of hydrogen-bond acceptors (Lipinski definition) is 5. The Kier molecular flexibility index (Phi) is 5.82. The average molecular weight is 506 g/mol. The second-order valence-corrected chi connectivity index (χ2v) is 11.7. The van der Waals surface area contributed by atoms with Gasteiger partial charge in [-0.3, -0.25) is 5.43 Å². The minimum absolute atomic E-state index is 0.205. The van der Waals surface area contributed by atoms with E-state index in [0.717, 1.165) is 56.4 Å². The minimum Gasteiger partial charge on any atom is -0.454 e. The van der Waals surface area contributed by atoms with E-state index >= 15 is 0 Å². The zero-order chi connectivity index (χ0) is 25.1. The maximum absolute atomic E-state index is 11.8. The van der Waals surface area contributed by atoms with Crippen LogP contribution >= 0.6 is 12.2 Å². The van der Waals surface area contributed by atoms with E-state index in [-0.39, 0.29) is 29.3 Å². The SMILES string of the molecule is CC#C[C@]1(O)CC[C@H]2[C@@H]3CCC4=CC(NNC(N)=S)CCC4=C3[C@@H](c3ccc4c(c3)OCO4)C[C@@]21C. The molecule has 1 aliphatic heterocycles. The first-order valence-corrected chi connectivity index (χ1v) is 13.5. The lowest BCUT2D eigenvalue weighted by Gasteiger charge is -2.54. The van der Waals surface area contributed by atoms with Gasteiger partial charge < -0.3 is 20.3 Å². The second kappa shape index (κ2) is 8.79. The summed E-state index contributed by atoms with van der Waals surface area (Å²) in [6.07, 6.45) is 9.22. The molecule has 5 aliphatic rings. The van der Waals surface area contributed by atoms with Crippen LogP contribution in [0.3, 0.4) is 0 Å². The Morgan fingerprint density at radius 1 is 1.19 bits per heavy atom. The van der Waals surface area contributed by atoms with E-state index in [4.69, 9.17) is 27.4 Å². The fourth-order valence-corrected chi connectivity index (χ4v) is 7.98. The molecule has 0 bridgehead atoms. The third-order valence-corrected chi connectivity index (χ3v) is 9.65. The summed E-state index contributed by atoms with van der Waals surface area (Å²) in [4.78, 5) is 0. The Labute approximate surface area is 218 Å². The van der Waals surface area contributed by atoms with Gasteiger partial charge in [-0.2, -0.15) is 0 Å². The number of hydrazine groups is 1. The third-order valence-electron chi connectivity index (χ3n) is 9.55. The predicted octanol–water partition coefficient (Wildman–Crippen LogP) is 4.21. The van der Waals surface area contributed by atoms with Gasteiger partial charge in [-0.25, -0.2) is 5.43 Å². The van der Waals surface area contributed by atoms with Gasteiger partial charge in [-0.15, -0.1) is 5.92 Å². The lowest BCUT2D eigenvalue weighted by molar-refractivity contribution is -0.0513. The quantitative estimate of drug-likeness (QED) is 0.278. The van der Waals surface area contributed by atoms with Crippen LogP contribution in [0.4, 0.5) is 0 Å². The van der Waals surface area contributed by atoms with E-state index < -0.39 is 5.60 Å². The van der Waals surface area contributed by atoms with Crippen LogP contribution in [0.2, 0.25) is 0 Å². The number of aliphatic hydroxyl groups is 1. The number of thiocarbonyl (C=S) groups is 1. The lowest BCUT2D eigenvalue weighted by atomic mass is 9.51. The maximum atomic E-state index is 11.8. The topological polar surface area (TPSA) is 88.8 Å². The highest BCUT2D eigenvalue weighted by Crippen LogP contribution is 2.66. The molecular weight excluding hydrogens is 470 g/mol. The smallest absolute Gasteiger partial charge is 0.231 e. The second-order valence-electron chi connectivity index (χ2n) is 11.2. The molecule has 0 saturated heterocycles. The molecule has 6 nitrogen and oxygen atoms in total. The molecule has 0 radical (unpaired) electrons. The first-order chi connectivity index (χ1) is 17.3. The van der Waals surface area contributed by atoms with Crippen LogP contribution in [-0.4, -0.2) is 28.7 Å². The highest BCUT2D eigenvalue weighted by Gasteiger charge is 2.62. The van der Waals surface area contributed by atoms with Crippen LogP contribution in [0.1, 0.15) is 70.3 Å². The van der Waals surface area contributed by atoms with Crippen molar-refractivity contribution in [2.45, 2.75) is 76.4 Å². The van der Waals surface area contributed by atoms with Crippen molar-refractivity contribution in [1.82, 2.24) is 10.9 Å². The molecule has 2 fully saturated rings. The minimum atomic E-state index is -0.943. The summed E-state index contributed by atoms with van der Waals surface area (Å²) in [5.41, 5.74) is 16.4. The van der Waals surface area contributed by atoms with Crippen molar-refractivity contribution in [3.8, 4) is 23.3 Å². The normalized spacial score (nSPS) is 36.1. The molecule has 1 aromatic carbocycles. The van der Waals surface area contributed by atoms with E-state index in [1.54, 1.807) is 5.57 Å². The van der Waals surface area contributed by atoms with Gasteiger partial charge in [0, 0.05) is 17.4 Å². The number of nitrogens with one attached hydrogen (secondary N) is 2. The van der Waals surface area contributed by atoms with E-state index in [1.165, 1.54) is 16.7 Å². The average Bonchev–Trinajstić information content (AvgIpc) is 3.43. The van der Waals surface area contributed by atoms with Crippen LogP contribution in [0.25, 0.3) is 0 Å². The molecule has 1 unspecified atom stereocenters.